The minimum Gasteiger partial charge on any atom is -0.507 e. The van der Waals surface area contributed by atoms with Gasteiger partial charge in [0, 0.05) is 0 Å². The lowest BCUT2D eigenvalue weighted by atomic mass is 10.1. The van der Waals surface area contributed by atoms with Crippen molar-refractivity contribution in [2.24, 2.45) is 0 Å². The molecule has 0 unspecified atom stereocenters. The average molecular weight is 302 g/mol. The van der Waals surface area contributed by atoms with Gasteiger partial charge in [-0.3, -0.25) is 0 Å². The summed E-state index contributed by atoms with van der Waals surface area (Å²) in [6.45, 7) is 3.35. The number of benzene rings is 2. The number of phenolic OH excluding ortho intramolecular Hbond substituents is 1. The van der Waals surface area contributed by atoms with Gasteiger partial charge in [0.1, 0.15) is 16.9 Å². The molecule has 0 aliphatic heterocycles. The van der Waals surface area contributed by atoms with Gasteiger partial charge in [-0.25, -0.2) is 9.59 Å². The van der Waals surface area contributed by atoms with E-state index < -0.39 is 17.7 Å². The van der Waals surface area contributed by atoms with E-state index in [2.05, 4.69) is 0 Å². The van der Waals surface area contributed by atoms with Crippen LogP contribution in [0.3, 0.4) is 0 Å². The maximum atomic E-state index is 12.1. The molecule has 0 aliphatic rings. The molecule has 6 heteroatoms. The lowest BCUT2D eigenvalue weighted by molar-refractivity contribution is 0.0679. The van der Waals surface area contributed by atoms with Gasteiger partial charge in [0.05, 0.1) is 0 Å². The monoisotopic (exact) mass is 302 g/mol. The number of carboxylic acids is 1. The number of carbonyl (C=O) groups excluding carboxylic acids is 1. The van der Waals surface area contributed by atoms with Crippen LogP contribution < -0.4 is 4.74 Å². The minimum absolute atomic E-state index is 0.0802. The molecule has 0 saturated heterocycles. The molecule has 0 radical (unpaired) electrons. The Kier molecular flexibility index (Phi) is 4.03. The Labute approximate surface area is 126 Å². The summed E-state index contributed by atoms with van der Waals surface area (Å²) in [5, 5.41) is 28.6. The topological polar surface area (TPSA) is 104 Å². The number of carboxylic acid groups (broad SMARTS) is 1. The molecule has 2 aromatic carbocycles. The van der Waals surface area contributed by atoms with Gasteiger partial charge < -0.3 is 20.1 Å². The predicted molar refractivity (Wildman–Crippen MR) is 77.6 cm³/mol. The van der Waals surface area contributed by atoms with Crippen molar-refractivity contribution in [3.05, 3.63) is 52.6 Å². The summed E-state index contributed by atoms with van der Waals surface area (Å²) in [5.74, 6) is -3.40. The first kappa shape index (κ1) is 15.4. The number of hydrogen-bond acceptors (Lipinski definition) is 5. The Morgan fingerprint density at radius 2 is 1.64 bits per heavy atom. The summed E-state index contributed by atoms with van der Waals surface area (Å²) < 4.78 is 5.01. The summed E-state index contributed by atoms with van der Waals surface area (Å²) in [5.41, 5.74) is 0.825. The SMILES string of the molecule is Cc1ccc(C(=O)Oc2cc(C)cc(C(=O)O)c2O)c(O)c1. The zero-order valence-corrected chi connectivity index (χ0v) is 12.0. The van der Waals surface area contributed by atoms with Crippen molar-refractivity contribution in [1.82, 2.24) is 0 Å². The molecule has 0 bridgehead atoms. The Balaban J connectivity index is 2.38. The largest absolute Gasteiger partial charge is 0.507 e. The van der Waals surface area contributed by atoms with Crippen LogP contribution in [0.5, 0.6) is 17.2 Å². The summed E-state index contributed by atoms with van der Waals surface area (Å²) >= 11 is 0. The van der Waals surface area contributed by atoms with Crippen molar-refractivity contribution in [3.63, 3.8) is 0 Å². The summed E-state index contributed by atoms with van der Waals surface area (Å²) in [4.78, 5) is 23.1. The second-order valence-corrected chi connectivity index (χ2v) is 4.87. The third-order valence-electron chi connectivity index (χ3n) is 3.03. The Hall–Kier alpha value is -3.02. The van der Waals surface area contributed by atoms with E-state index in [1.807, 2.05) is 0 Å². The average Bonchev–Trinajstić information content (AvgIpc) is 2.41. The number of aryl methyl sites for hydroxylation is 2. The van der Waals surface area contributed by atoms with Gasteiger partial charge >= 0.3 is 11.9 Å². The second-order valence-electron chi connectivity index (χ2n) is 4.87. The fourth-order valence-electron chi connectivity index (χ4n) is 1.96. The molecule has 0 heterocycles. The van der Waals surface area contributed by atoms with Crippen LogP contribution in [0.1, 0.15) is 31.8 Å². The molecular formula is C16H14O6. The molecule has 114 valence electrons. The van der Waals surface area contributed by atoms with E-state index in [1.54, 1.807) is 19.9 Å². The number of aromatic carboxylic acids is 1. The van der Waals surface area contributed by atoms with E-state index in [4.69, 9.17) is 9.84 Å². The lowest BCUT2D eigenvalue weighted by Crippen LogP contribution is -2.10. The standard InChI is InChI=1S/C16H14O6/c1-8-3-4-10(12(17)6-8)16(21)22-13-7-9(2)5-11(14(13)18)15(19)20/h3-7,17-18H,1-2H3,(H,19,20). The fraction of sp³-hybridized carbons (Fsp3) is 0.125. The molecular weight excluding hydrogens is 288 g/mol. The van der Waals surface area contributed by atoms with Gasteiger partial charge in [-0.2, -0.15) is 0 Å². The third kappa shape index (κ3) is 3.01. The number of ether oxygens (including phenoxy) is 1. The molecule has 0 spiro atoms. The van der Waals surface area contributed by atoms with Gasteiger partial charge in [-0.1, -0.05) is 6.07 Å². The van der Waals surface area contributed by atoms with E-state index in [0.717, 1.165) is 5.56 Å². The van der Waals surface area contributed by atoms with Crippen LogP contribution in [0.15, 0.2) is 30.3 Å². The van der Waals surface area contributed by atoms with Gasteiger partial charge in [-0.15, -0.1) is 0 Å². The predicted octanol–water partition coefficient (Wildman–Crippen LogP) is 2.63. The highest BCUT2D eigenvalue weighted by molar-refractivity contribution is 5.96. The highest BCUT2D eigenvalue weighted by Gasteiger charge is 2.20. The van der Waals surface area contributed by atoms with Gasteiger partial charge in [-0.05, 0) is 49.2 Å². The molecule has 0 aromatic heterocycles. The lowest BCUT2D eigenvalue weighted by Gasteiger charge is -2.10. The summed E-state index contributed by atoms with van der Waals surface area (Å²) in [6.07, 6.45) is 0. The number of hydrogen-bond donors (Lipinski definition) is 3. The molecule has 2 rings (SSSR count). The molecule has 2 aromatic rings. The quantitative estimate of drug-likeness (QED) is 0.594. The molecule has 3 N–H and O–H groups in total. The zero-order valence-electron chi connectivity index (χ0n) is 12.0. The van der Waals surface area contributed by atoms with Crippen LogP contribution in [-0.2, 0) is 0 Å². The van der Waals surface area contributed by atoms with E-state index in [9.17, 15) is 19.8 Å². The first-order valence-electron chi connectivity index (χ1n) is 6.38. The van der Waals surface area contributed by atoms with Crippen LogP contribution in [0.2, 0.25) is 0 Å². The molecule has 0 aliphatic carbocycles. The molecule has 0 fully saturated rings. The van der Waals surface area contributed by atoms with E-state index in [0.29, 0.717) is 5.56 Å². The number of rotatable bonds is 3. The van der Waals surface area contributed by atoms with Gasteiger partial charge in [0.15, 0.2) is 11.5 Å². The van der Waals surface area contributed by atoms with Crippen molar-refractivity contribution >= 4 is 11.9 Å². The van der Waals surface area contributed by atoms with E-state index in [1.165, 1.54) is 24.3 Å². The van der Waals surface area contributed by atoms with Crippen LogP contribution in [0, 0.1) is 13.8 Å². The van der Waals surface area contributed by atoms with Crippen molar-refractivity contribution in [2.45, 2.75) is 13.8 Å². The van der Waals surface area contributed by atoms with Crippen LogP contribution in [0.4, 0.5) is 0 Å². The van der Waals surface area contributed by atoms with Crippen LogP contribution in [0.25, 0.3) is 0 Å². The zero-order chi connectivity index (χ0) is 16.4. The Morgan fingerprint density at radius 1 is 0.955 bits per heavy atom. The number of aromatic hydroxyl groups is 2. The molecule has 0 atom stereocenters. The maximum absolute atomic E-state index is 12.1. The number of esters is 1. The second kappa shape index (κ2) is 5.77. The van der Waals surface area contributed by atoms with Crippen molar-refractivity contribution < 1.29 is 29.6 Å². The van der Waals surface area contributed by atoms with Crippen molar-refractivity contribution in [1.29, 1.82) is 0 Å². The normalized spacial score (nSPS) is 10.3. The maximum Gasteiger partial charge on any atom is 0.347 e. The highest BCUT2D eigenvalue weighted by atomic mass is 16.5. The Bertz CT molecular complexity index is 763. The summed E-state index contributed by atoms with van der Waals surface area (Å²) in [6, 6.07) is 7.01. The van der Waals surface area contributed by atoms with Crippen molar-refractivity contribution in [2.75, 3.05) is 0 Å². The number of phenols is 2. The van der Waals surface area contributed by atoms with Crippen molar-refractivity contribution in [3.8, 4) is 17.2 Å². The fourth-order valence-corrected chi connectivity index (χ4v) is 1.96. The van der Waals surface area contributed by atoms with Gasteiger partial charge in [0.25, 0.3) is 0 Å². The molecule has 0 saturated carbocycles. The third-order valence-corrected chi connectivity index (χ3v) is 3.03. The van der Waals surface area contributed by atoms with Crippen LogP contribution in [-0.4, -0.2) is 27.3 Å². The molecule has 0 amide bonds. The van der Waals surface area contributed by atoms with E-state index >= 15 is 0 Å². The molecule has 22 heavy (non-hydrogen) atoms. The molecule has 6 nitrogen and oxygen atoms in total. The van der Waals surface area contributed by atoms with Gasteiger partial charge in [0.2, 0.25) is 0 Å². The highest BCUT2D eigenvalue weighted by Crippen LogP contribution is 2.33. The van der Waals surface area contributed by atoms with E-state index in [-0.39, 0.29) is 22.6 Å². The minimum atomic E-state index is -1.34. The number of carbonyl (C=O) groups is 2. The summed E-state index contributed by atoms with van der Waals surface area (Å²) in [7, 11) is 0. The first-order chi connectivity index (χ1) is 10.3. The smallest absolute Gasteiger partial charge is 0.347 e. The first-order valence-corrected chi connectivity index (χ1v) is 6.38. The van der Waals surface area contributed by atoms with Crippen LogP contribution >= 0.6 is 0 Å². The Morgan fingerprint density at radius 3 is 2.23 bits per heavy atom.